The molecule has 0 spiro atoms. The number of imidazole rings is 1. The topological polar surface area (TPSA) is 134 Å². The van der Waals surface area contributed by atoms with E-state index in [1.54, 1.807) is 44.6 Å². The Hall–Kier alpha value is -5.15. The number of likely N-dealkylation sites (N-methyl/N-ethyl adjacent to an activating group) is 1. The van der Waals surface area contributed by atoms with Crippen LogP contribution in [0.4, 0.5) is 13.6 Å². The van der Waals surface area contributed by atoms with Crippen LogP contribution >= 0.6 is 0 Å². The van der Waals surface area contributed by atoms with Gasteiger partial charge in [-0.2, -0.15) is 0 Å². The van der Waals surface area contributed by atoms with Crippen molar-refractivity contribution in [1.29, 1.82) is 0 Å². The minimum absolute atomic E-state index is 0.0361. The lowest BCUT2D eigenvalue weighted by Crippen LogP contribution is -2.42. The molecule has 4 rings (SSSR count). The zero-order valence-corrected chi connectivity index (χ0v) is 32.0. The first kappa shape index (κ1) is 40.6. The molecular formula is C38H47F2N5O7Si. The van der Waals surface area contributed by atoms with Gasteiger partial charge in [-0.3, -0.25) is 14.4 Å². The number of amides is 2. The van der Waals surface area contributed by atoms with Gasteiger partial charge < -0.3 is 33.6 Å². The zero-order chi connectivity index (χ0) is 38.7. The van der Waals surface area contributed by atoms with Gasteiger partial charge in [0.15, 0.2) is 17.3 Å². The molecular weight excluding hydrogens is 705 g/mol. The number of carbonyl (C=O) groups excluding carboxylic acids is 3. The molecule has 4 aromatic rings. The van der Waals surface area contributed by atoms with Crippen molar-refractivity contribution in [2.45, 2.75) is 70.9 Å². The van der Waals surface area contributed by atoms with Gasteiger partial charge in [0.25, 0.3) is 5.56 Å². The number of carbonyl (C=O) groups is 3. The van der Waals surface area contributed by atoms with E-state index >= 15 is 0 Å². The van der Waals surface area contributed by atoms with Gasteiger partial charge in [-0.25, -0.2) is 18.6 Å². The molecule has 0 unspecified atom stereocenters. The van der Waals surface area contributed by atoms with Gasteiger partial charge in [0, 0.05) is 58.6 Å². The number of halogens is 2. The van der Waals surface area contributed by atoms with Gasteiger partial charge in [-0.05, 0) is 49.2 Å². The van der Waals surface area contributed by atoms with Crippen LogP contribution in [0.1, 0.15) is 29.8 Å². The molecule has 0 fully saturated rings. The number of para-hydroxylation sites is 1. The largest absolute Gasteiger partial charge is 0.486 e. The van der Waals surface area contributed by atoms with E-state index in [4.69, 9.17) is 19.2 Å². The number of allylic oxidation sites excluding steroid dienone is 1. The van der Waals surface area contributed by atoms with Crippen LogP contribution in [-0.2, 0) is 45.4 Å². The first-order chi connectivity index (χ1) is 25.2. The molecule has 1 N–H and O–H groups in total. The van der Waals surface area contributed by atoms with E-state index < -0.39 is 43.2 Å². The fourth-order valence-corrected chi connectivity index (χ4v) is 6.09. The normalized spacial score (nSPS) is 12.2. The number of rotatable bonds is 18. The highest BCUT2D eigenvalue weighted by molar-refractivity contribution is 6.76. The van der Waals surface area contributed by atoms with Crippen molar-refractivity contribution in [3.63, 3.8) is 0 Å². The second-order valence-electron chi connectivity index (χ2n) is 14.0. The fraction of sp³-hybridized carbons (Fsp3) is 0.395. The average Bonchev–Trinajstić information content (AvgIpc) is 3.45. The SMILES string of the molecule is COC(=O)N[C@@H](CC/C=C/C(=O)N(C)C)C(=O)Cc1cccn(Cc2nc3c(COc4ccc(F)cc4F)cccc3n2COCC[Si](C)(C)C)c1=O. The van der Waals surface area contributed by atoms with Crippen molar-refractivity contribution < 1.29 is 37.4 Å². The standard InChI is InChI=1S/C38H47F2N5O7Si/c1-43(2)35(47)15-8-7-13-30(41-38(49)50-3)32(46)21-26-12-10-18-44(37(26)48)23-34-42-36-27(24-52-33-17-16-28(39)22-29(33)40)11-9-14-31(36)45(34)25-51-19-20-53(4,5)6/h8-12,14-18,22,30H,7,13,19-21,23-25H2,1-6H3,(H,41,49)/b15-8+/t30-/m0/s1. The number of benzene rings is 2. The van der Waals surface area contributed by atoms with Crippen molar-refractivity contribution in [1.82, 2.24) is 24.3 Å². The maximum atomic E-state index is 14.3. The Morgan fingerprint density at radius 1 is 1.06 bits per heavy atom. The number of ketones is 1. The van der Waals surface area contributed by atoms with Crippen molar-refractivity contribution in [2.24, 2.45) is 0 Å². The van der Waals surface area contributed by atoms with Crippen molar-refractivity contribution >= 4 is 36.9 Å². The summed E-state index contributed by atoms with van der Waals surface area (Å²) in [7, 11) is 3.06. The molecule has 2 aromatic carbocycles. The summed E-state index contributed by atoms with van der Waals surface area (Å²) in [5, 5.41) is 2.54. The summed E-state index contributed by atoms with van der Waals surface area (Å²) in [6, 6.07) is 11.8. The Morgan fingerprint density at radius 2 is 1.81 bits per heavy atom. The molecule has 0 radical (unpaired) electrons. The Balaban J connectivity index is 1.60. The van der Waals surface area contributed by atoms with E-state index in [-0.39, 0.29) is 49.9 Å². The first-order valence-corrected chi connectivity index (χ1v) is 20.9. The molecule has 15 heteroatoms. The van der Waals surface area contributed by atoms with Crippen molar-refractivity contribution in [3.05, 3.63) is 106 Å². The van der Waals surface area contributed by atoms with Crippen LogP contribution in [0.25, 0.3) is 11.0 Å². The fourth-order valence-electron chi connectivity index (χ4n) is 5.34. The van der Waals surface area contributed by atoms with Crippen LogP contribution in [-0.4, -0.2) is 78.7 Å². The van der Waals surface area contributed by atoms with Crippen molar-refractivity contribution in [2.75, 3.05) is 27.8 Å². The number of fused-ring (bicyclic) bond motifs is 1. The summed E-state index contributed by atoms with van der Waals surface area (Å²) in [6.07, 6.45) is 4.07. The van der Waals surface area contributed by atoms with E-state index in [9.17, 15) is 28.0 Å². The number of nitrogens with zero attached hydrogens (tertiary/aromatic N) is 4. The molecule has 0 aliphatic heterocycles. The molecule has 2 heterocycles. The lowest BCUT2D eigenvalue weighted by atomic mass is 10.0. The maximum absolute atomic E-state index is 14.3. The number of methoxy groups -OCH3 is 1. The Kier molecular flexibility index (Phi) is 14.2. The summed E-state index contributed by atoms with van der Waals surface area (Å²) in [5.41, 5.74) is 1.73. The maximum Gasteiger partial charge on any atom is 0.407 e. The molecule has 0 saturated carbocycles. The summed E-state index contributed by atoms with van der Waals surface area (Å²) in [5.74, 6) is -1.74. The van der Waals surface area contributed by atoms with E-state index in [0.717, 1.165) is 18.2 Å². The van der Waals surface area contributed by atoms with Gasteiger partial charge in [0.1, 0.15) is 25.0 Å². The van der Waals surface area contributed by atoms with Crippen LogP contribution in [0.2, 0.25) is 25.7 Å². The van der Waals surface area contributed by atoms with Gasteiger partial charge >= 0.3 is 6.09 Å². The second-order valence-corrected chi connectivity index (χ2v) is 19.6. The monoisotopic (exact) mass is 751 g/mol. The predicted octanol–water partition coefficient (Wildman–Crippen LogP) is 5.68. The molecule has 2 amide bonds. The number of hydrogen-bond donors (Lipinski definition) is 1. The molecule has 2 aromatic heterocycles. The smallest absolute Gasteiger partial charge is 0.407 e. The Bertz CT molecular complexity index is 2000. The van der Waals surface area contributed by atoms with Gasteiger partial charge in [-0.15, -0.1) is 0 Å². The second kappa shape index (κ2) is 18.6. The molecule has 0 aliphatic carbocycles. The molecule has 0 saturated heterocycles. The van der Waals surface area contributed by atoms with Gasteiger partial charge in [0.2, 0.25) is 5.91 Å². The van der Waals surface area contributed by atoms with Crippen LogP contribution in [0.3, 0.4) is 0 Å². The highest BCUT2D eigenvalue weighted by Gasteiger charge is 2.23. The Morgan fingerprint density at radius 3 is 2.51 bits per heavy atom. The molecule has 53 heavy (non-hydrogen) atoms. The highest BCUT2D eigenvalue weighted by Crippen LogP contribution is 2.25. The molecule has 0 aliphatic rings. The van der Waals surface area contributed by atoms with E-state index in [2.05, 4.69) is 25.0 Å². The van der Waals surface area contributed by atoms with Gasteiger partial charge in [0.05, 0.1) is 30.7 Å². The predicted molar refractivity (Wildman–Crippen MR) is 199 cm³/mol. The highest BCUT2D eigenvalue weighted by atomic mass is 28.3. The number of pyridine rings is 1. The van der Waals surface area contributed by atoms with E-state index in [1.807, 2.05) is 16.7 Å². The third kappa shape index (κ3) is 11.7. The van der Waals surface area contributed by atoms with Crippen LogP contribution in [0.5, 0.6) is 5.75 Å². The number of aromatic nitrogens is 3. The third-order valence-electron chi connectivity index (χ3n) is 8.40. The minimum atomic E-state index is -1.38. The van der Waals surface area contributed by atoms with Gasteiger partial charge in [-0.1, -0.05) is 43.9 Å². The lowest BCUT2D eigenvalue weighted by Gasteiger charge is -2.17. The summed E-state index contributed by atoms with van der Waals surface area (Å²) >= 11 is 0. The molecule has 12 nitrogen and oxygen atoms in total. The number of ether oxygens (including phenoxy) is 3. The summed E-state index contributed by atoms with van der Waals surface area (Å²) in [6.45, 7) is 7.47. The zero-order valence-electron chi connectivity index (χ0n) is 31.0. The first-order valence-electron chi connectivity index (χ1n) is 17.2. The van der Waals surface area contributed by atoms with Crippen LogP contribution < -0.4 is 15.6 Å². The molecule has 1 atom stereocenters. The average molecular weight is 752 g/mol. The number of alkyl carbamates (subject to hydrolysis) is 1. The quantitative estimate of drug-likeness (QED) is 0.0781. The van der Waals surface area contributed by atoms with E-state index in [0.29, 0.717) is 35.4 Å². The lowest BCUT2D eigenvalue weighted by molar-refractivity contribution is -0.123. The third-order valence-corrected chi connectivity index (χ3v) is 10.1. The van der Waals surface area contributed by atoms with Crippen molar-refractivity contribution in [3.8, 4) is 5.75 Å². The number of hydrogen-bond acceptors (Lipinski definition) is 8. The Labute approximate surface area is 308 Å². The van der Waals surface area contributed by atoms with Crippen LogP contribution in [0.15, 0.2) is 71.7 Å². The summed E-state index contributed by atoms with van der Waals surface area (Å²) < 4.78 is 47.6. The number of nitrogens with one attached hydrogen (secondary N) is 1. The number of Topliss-reactive ketones (excluding diaryl/α,β-unsaturated/α-hetero) is 1. The molecule has 0 bridgehead atoms. The minimum Gasteiger partial charge on any atom is -0.486 e. The summed E-state index contributed by atoms with van der Waals surface area (Å²) in [4.78, 5) is 57.5. The van der Waals surface area contributed by atoms with Crippen LogP contribution in [0, 0.1) is 11.6 Å². The molecule has 284 valence electrons. The van der Waals surface area contributed by atoms with E-state index in [1.165, 1.54) is 28.7 Å².